The van der Waals surface area contributed by atoms with E-state index in [2.05, 4.69) is 13.5 Å². The van der Waals surface area contributed by atoms with Crippen molar-refractivity contribution in [2.24, 2.45) is 0 Å². The Balaban J connectivity index is 2.31. The van der Waals surface area contributed by atoms with E-state index < -0.39 is 17.2 Å². The molecule has 206 valence electrons. The minimum Gasteiger partial charge on any atom is -0.492 e. The molecule has 36 heavy (non-hydrogen) atoms. The van der Waals surface area contributed by atoms with Crippen molar-refractivity contribution in [3.63, 3.8) is 0 Å². The Hall–Kier alpha value is -2.52. The van der Waals surface area contributed by atoms with Crippen LogP contribution in [-0.2, 0) is 23.8 Å². The summed E-state index contributed by atoms with van der Waals surface area (Å²) in [5.41, 5.74) is -1.30. The van der Waals surface area contributed by atoms with Gasteiger partial charge in [-0.2, -0.15) is 0 Å². The van der Waals surface area contributed by atoms with Gasteiger partial charge in [-0.25, -0.2) is 4.79 Å². The van der Waals surface area contributed by atoms with E-state index in [0.29, 0.717) is 37.2 Å². The van der Waals surface area contributed by atoms with Crippen LogP contribution in [0.25, 0.3) is 0 Å². The van der Waals surface area contributed by atoms with Crippen molar-refractivity contribution < 1.29 is 38.9 Å². The number of carbonyl (C=O) groups is 2. The molecule has 9 nitrogen and oxygen atoms in total. The van der Waals surface area contributed by atoms with E-state index >= 15 is 0 Å². The highest BCUT2D eigenvalue weighted by molar-refractivity contribution is 5.71. The first-order chi connectivity index (χ1) is 16.9. The Morgan fingerprint density at radius 3 is 2.25 bits per heavy atom. The molecule has 2 N–H and O–H groups in total. The molecule has 1 rings (SSSR count). The summed E-state index contributed by atoms with van der Waals surface area (Å²) in [4.78, 5) is 29.4. The van der Waals surface area contributed by atoms with Gasteiger partial charge in [-0.3, -0.25) is 4.79 Å². The minimum absolute atomic E-state index is 0.0507. The summed E-state index contributed by atoms with van der Waals surface area (Å²) in [6.45, 7) is 14.0. The van der Waals surface area contributed by atoms with Crippen LogP contribution < -0.4 is 4.84 Å². The van der Waals surface area contributed by atoms with Gasteiger partial charge in [0.05, 0.1) is 24.2 Å². The van der Waals surface area contributed by atoms with Crippen LogP contribution in [0.15, 0.2) is 24.8 Å². The monoisotopic (exact) mass is 511 g/mol. The number of rotatable bonds is 19. The lowest BCUT2D eigenvalue weighted by Gasteiger charge is -2.29. The van der Waals surface area contributed by atoms with Crippen LogP contribution in [0.4, 0.5) is 0 Å². The molecule has 0 spiro atoms. The molecule has 0 radical (unpaired) electrons. The third kappa shape index (κ3) is 13.0. The maximum absolute atomic E-state index is 12.2. The molecule has 0 aliphatic rings. The number of carbonyl (C=O) groups excluding carboxylic acids is 2. The van der Waals surface area contributed by atoms with Crippen LogP contribution in [0, 0.1) is 0 Å². The second kappa shape index (κ2) is 15.6. The zero-order valence-corrected chi connectivity index (χ0v) is 22.6. The average Bonchev–Trinajstić information content (AvgIpc) is 3.09. The standard InChI is InChI=1S/C27H45NO8/c1-7-9-12-21(13-10-8-2)35-24(31)14-11-18-33-26(3,4)17-19-34-27(5,6)20-25(32)36-28-22(29)15-16-23(28)30/h7,15-16,21,29-30H,1,8-14,17-20H2,2-6H3. The molecule has 0 aromatic carbocycles. The second-order valence-electron chi connectivity index (χ2n) is 10.2. The molecule has 0 fully saturated rings. The van der Waals surface area contributed by atoms with Gasteiger partial charge in [-0.05, 0) is 59.8 Å². The molecule has 1 atom stereocenters. The van der Waals surface area contributed by atoms with Gasteiger partial charge in [-0.1, -0.05) is 25.8 Å². The lowest BCUT2D eigenvalue weighted by atomic mass is 10.0. The lowest BCUT2D eigenvalue weighted by Crippen LogP contribution is -2.34. The highest BCUT2D eigenvalue weighted by Gasteiger charge is 2.27. The van der Waals surface area contributed by atoms with Crippen molar-refractivity contribution >= 4 is 11.9 Å². The summed E-state index contributed by atoms with van der Waals surface area (Å²) in [6.07, 6.45) is 7.80. The van der Waals surface area contributed by atoms with Crippen LogP contribution in [0.5, 0.6) is 11.8 Å². The number of allylic oxidation sites excluding steroid dienone is 1. The van der Waals surface area contributed by atoms with E-state index in [1.165, 1.54) is 12.1 Å². The fraction of sp³-hybridized carbons (Fsp3) is 0.704. The number of hydrogen-bond donors (Lipinski definition) is 2. The van der Waals surface area contributed by atoms with E-state index in [1.807, 2.05) is 19.9 Å². The SMILES string of the molecule is C=CCCC(CCCC)OC(=O)CCCOC(C)(C)CCOC(C)(C)CC(=O)On1c(O)ccc1O. The first-order valence-corrected chi connectivity index (χ1v) is 12.8. The average molecular weight is 512 g/mol. The molecule has 1 aromatic heterocycles. The molecule has 1 heterocycles. The third-order valence-corrected chi connectivity index (χ3v) is 5.65. The number of aromatic nitrogens is 1. The summed E-state index contributed by atoms with van der Waals surface area (Å²) in [7, 11) is 0. The van der Waals surface area contributed by atoms with Gasteiger partial charge in [-0.15, -0.1) is 11.3 Å². The first-order valence-electron chi connectivity index (χ1n) is 12.8. The third-order valence-electron chi connectivity index (χ3n) is 5.65. The Bertz CT molecular complexity index is 795. The smallest absolute Gasteiger partial charge is 0.336 e. The molecule has 0 saturated heterocycles. The predicted octanol–water partition coefficient (Wildman–Crippen LogP) is 5.07. The maximum atomic E-state index is 12.2. The van der Waals surface area contributed by atoms with Crippen molar-refractivity contribution in [2.45, 2.75) is 110 Å². The van der Waals surface area contributed by atoms with E-state index in [9.17, 15) is 19.8 Å². The number of esters is 1. The predicted molar refractivity (Wildman–Crippen MR) is 137 cm³/mol. The molecule has 0 amide bonds. The Labute approximate surface area is 215 Å². The number of hydrogen-bond acceptors (Lipinski definition) is 8. The van der Waals surface area contributed by atoms with E-state index in [4.69, 9.17) is 19.0 Å². The molecule has 0 saturated carbocycles. The van der Waals surface area contributed by atoms with E-state index in [0.717, 1.165) is 32.1 Å². The van der Waals surface area contributed by atoms with Crippen LogP contribution in [-0.4, -0.2) is 57.4 Å². The van der Waals surface area contributed by atoms with Crippen molar-refractivity contribution in [1.29, 1.82) is 0 Å². The summed E-state index contributed by atoms with van der Waals surface area (Å²) in [5, 5.41) is 19.2. The van der Waals surface area contributed by atoms with Crippen molar-refractivity contribution in [2.75, 3.05) is 13.2 Å². The highest BCUT2D eigenvalue weighted by atomic mass is 16.7. The second-order valence-corrected chi connectivity index (χ2v) is 10.2. The van der Waals surface area contributed by atoms with Crippen LogP contribution in [0.1, 0.15) is 92.4 Å². The van der Waals surface area contributed by atoms with Gasteiger partial charge in [0.25, 0.3) is 0 Å². The van der Waals surface area contributed by atoms with Gasteiger partial charge < -0.3 is 29.3 Å². The molecule has 1 unspecified atom stereocenters. The van der Waals surface area contributed by atoms with Crippen LogP contribution >= 0.6 is 0 Å². The molecular weight excluding hydrogens is 466 g/mol. The fourth-order valence-electron chi connectivity index (χ4n) is 3.48. The van der Waals surface area contributed by atoms with E-state index in [1.54, 1.807) is 13.8 Å². The summed E-state index contributed by atoms with van der Waals surface area (Å²) < 4.78 is 18.1. The summed E-state index contributed by atoms with van der Waals surface area (Å²) in [6, 6.07) is 2.42. The van der Waals surface area contributed by atoms with Crippen molar-refractivity contribution in [1.82, 2.24) is 4.73 Å². The zero-order chi connectivity index (χ0) is 27.2. The fourth-order valence-corrected chi connectivity index (χ4v) is 3.48. The van der Waals surface area contributed by atoms with Gasteiger partial charge >= 0.3 is 11.9 Å². The Morgan fingerprint density at radius 2 is 1.64 bits per heavy atom. The minimum atomic E-state index is -0.824. The summed E-state index contributed by atoms with van der Waals surface area (Å²) >= 11 is 0. The molecule has 0 aliphatic carbocycles. The lowest BCUT2D eigenvalue weighted by molar-refractivity contribution is -0.154. The van der Waals surface area contributed by atoms with Gasteiger partial charge in [0, 0.05) is 25.2 Å². The number of aromatic hydroxyl groups is 2. The van der Waals surface area contributed by atoms with Gasteiger partial charge in [0.2, 0.25) is 11.8 Å². The number of unbranched alkanes of at least 4 members (excludes halogenated alkanes) is 1. The first kappa shape index (κ1) is 31.5. The van der Waals surface area contributed by atoms with Crippen molar-refractivity contribution in [3.05, 3.63) is 24.8 Å². The van der Waals surface area contributed by atoms with Crippen molar-refractivity contribution in [3.8, 4) is 11.8 Å². The quantitative estimate of drug-likeness (QED) is 0.150. The molecule has 0 aliphatic heterocycles. The van der Waals surface area contributed by atoms with E-state index in [-0.39, 0.29) is 30.3 Å². The molecular formula is C27H45NO8. The van der Waals surface area contributed by atoms with Gasteiger partial charge in [0.15, 0.2) is 0 Å². The molecule has 0 bridgehead atoms. The Morgan fingerprint density at radius 1 is 1.00 bits per heavy atom. The maximum Gasteiger partial charge on any atom is 0.336 e. The zero-order valence-electron chi connectivity index (χ0n) is 22.6. The number of ether oxygens (including phenoxy) is 3. The Kier molecular flexibility index (Phi) is 13.6. The number of nitrogens with zero attached hydrogens (tertiary/aromatic N) is 1. The highest BCUT2D eigenvalue weighted by Crippen LogP contribution is 2.22. The van der Waals surface area contributed by atoms with Crippen LogP contribution in [0.2, 0.25) is 0 Å². The largest absolute Gasteiger partial charge is 0.492 e. The molecule has 1 aromatic rings. The topological polar surface area (TPSA) is 116 Å². The molecule has 9 heteroatoms. The van der Waals surface area contributed by atoms with Crippen LogP contribution in [0.3, 0.4) is 0 Å². The normalized spacial score (nSPS) is 12.8. The summed E-state index contributed by atoms with van der Waals surface area (Å²) in [5.74, 6) is -1.61. The van der Waals surface area contributed by atoms with Gasteiger partial charge in [0.1, 0.15) is 6.10 Å².